The van der Waals surface area contributed by atoms with Gasteiger partial charge < -0.3 is 18.9 Å². The summed E-state index contributed by atoms with van der Waals surface area (Å²) in [6, 6.07) is 3.10. The second kappa shape index (κ2) is 6.96. The number of hydrogen-bond donors (Lipinski definition) is 0. The lowest BCUT2D eigenvalue weighted by atomic mass is 10.2. The van der Waals surface area contributed by atoms with Crippen LogP contribution in [0.5, 0.6) is 5.88 Å². The maximum Gasteiger partial charge on any atom is 0.256 e. The summed E-state index contributed by atoms with van der Waals surface area (Å²) < 4.78 is 16.0. The second-order valence-corrected chi connectivity index (χ2v) is 5.56. The molecular formula is C16H20N4O4. The topological polar surface area (TPSA) is 90.6 Å². The van der Waals surface area contributed by atoms with Crippen molar-refractivity contribution in [3.63, 3.8) is 0 Å². The fraction of sp³-hybridized carbons (Fsp3) is 0.500. The van der Waals surface area contributed by atoms with E-state index in [4.69, 9.17) is 14.0 Å². The van der Waals surface area contributed by atoms with E-state index in [0.717, 1.165) is 0 Å². The van der Waals surface area contributed by atoms with Crippen LogP contribution in [0.4, 0.5) is 0 Å². The summed E-state index contributed by atoms with van der Waals surface area (Å²) in [5.41, 5.74) is 0.483. The van der Waals surface area contributed by atoms with Crippen molar-refractivity contribution >= 4 is 5.91 Å². The van der Waals surface area contributed by atoms with Crippen LogP contribution in [0.3, 0.4) is 0 Å². The summed E-state index contributed by atoms with van der Waals surface area (Å²) in [5, 5.41) is 3.82. The van der Waals surface area contributed by atoms with Crippen LogP contribution in [0.15, 0.2) is 22.9 Å². The molecule has 0 bridgehead atoms. The van der Waals surface area contributed by atoms with E-state index >= 15 is 0 Å². The summed E-state index contributed by atoms with van der Waals surface area (Å²) >= 11 is 0. The van der Waals surface area contributed by atoms with Gasteiger partial charge in [0.15, 0.2) is 5.82 Å². The smallest absolute Gasteiger partial charge is 0.256 e. The molecule has 128 valence electrons. The Morgan fingerprint density at radius 1 is 1.46 bits per heavy atom. The maximum atomic E-state index is 12.9. The van der Waals surface area contributed by atoms with Gasteiger partial charge in [-0.2, -0.15) is 4.98 Å². The number of methoxy groups -OCH3 is 1. The van der Waals surface area contributed by atoms with Gasteiger partial charge in [-0.15, -0.1) is 0 Å². The number of amides is 1. The first-order valence-electron chi connectivity index (χ1n) is 7.85. The predicted molar refractivity (Wildman–Crippen MR) is 83.6 cm³/mol. The van der Waals surface area contributed by atoms with Crippen molar-refractivity contribution < 1.29 is 18.8 Å². The fourth-order valence-corrected chi connectivity index (χ4v) is 2.78. The largest absolute Gasteiger partial charge is 0.478 e. The molecule has 8 nitrogen and oxygen atoms in total. The van der Waals surface area contributed by atoms with Gasteiger partial charge in [-0.1, -0.05) is 5.16 Å². The molecule has 1 aliphatic heterocycles. The summed E-state index contributed by atoms with van der Waals surface area (Å²) in [7, 11) is 1.63. The zero-order chi connectivity index (χ0) is 17.1. The van der Waals surface area contributed by atoms with Gasteiger partial charge in [0.2, 0.25) is 11.8 Å². The minimum atomic E-state index is -0.296. The molecule has 2 aromatic heterocycles. The molecule has 0 radical (unpaired) electrons. The summed E-state index contributed by atoms with van der Waals surface area (Å²) in [6.07, 6.45) is 2.07. The molecule has 0 aliphatic carbocycles. The molecule has 2 aromatic rings. The molecule has 0 saturated carbocycles. The average Bonchev–Trinajstić information content (AvgIpc) is 3.21. The Morgan fingerprint density at radius 3 is 2.88 bits per heavy atom. The van der Waals surface area contributed by atoms with Crippen LogP contribution in [0.1, 0.15) is 41.5 Å². The third-order valence-corrected chi connectivity index (χ3v) is 3.96. The molecular weight excluding hydrogens is 312 g/mol. The normalized spacial score (nSPS) is 20.4. The van der Waals surface area contributed by atoms with Gasteiger partial charge in [-0.25, -0.2) is 4.98 Å². The van der Waals surface area contributed by atoms with E-state index in [1.54, 1.807) is 31.1 Å². The number of ether oxygens (including phenoxy) is 2. The van der Waals surface area contributed by atoms with Crippen LogP contribution in [-0.2, 0) is 4.74 Å². The van der Waals surface area contributed by atoms with E-state index in [1.165, 1.54) is 6.20 Å². The molecule has 0 unspecified atom stereocenters. The lowest BCUT2D eigenvalue weighted by Crippen LogP contribution is -2.32. The minimum Gasteiger partial charge on any atom is -0.478 e. The first-order chi connectivity index (χ1) is 11.6. The van der Waals surface area contributed by atoms with Gasteiger partial charge in [0, 0.05) is 32.3 Å². The van der Waals surface area contributed by atoms with Crippen LogP contribution >= 0.6 is 0 Å². The second-order valence-electron chi connectivity index (χ2n) is 5.56. The predicted octanol–water partition coefficient (Wildman–Crippen LogP) is 1.77. The van der Waals surface area contributed by atoms with E-state index < -0.39 is 0 Å². The highest BCUT2D eigenvalue weighted by molar-refractivity contribution is 5.94. The third-order valence-electron chi connectivity index (χ3n) is 3.96. The molecule has 0 N–H and O–H groups in total. The molecule has 0 spiro atoms. The molecule has 8 heteroatoms. The highest BCUT2D eigenvalue weighted by atomic mass is 16.5. The van der Waals surface area contributed by atoms with Gasteiger partial charge in [-0.3, -0.25) is 4.79 Å². The molecule has 3 rings (SSSR count). The van der Waals surface area contributed by atoms with Gasteiger partial charge >= 0.3 is 0 Å². The Bertz CT molecular complexity index is 700. The maximum absolute atomic E-state index is 12.9. The van der Waals surface area contributed by atoms with Gasteiger partial charge in [0.05, 0.1) is 18.3 Å². The molecule has 1 amide bonds. The van der Waals surface area contributed by atoms with Gasteiger partial charge in [-0.05, 0) is 19.9 Å². The Labute approximate surface area is 139 Å². The van der Waals surface area contributed by atoms with Crippen LogP contribution in [0, 0.1) is 6.92 Å². The highest BCUT2D eigenvalue weighted by Crippen LogP contribution is 2.33. The molecule has 1 saturated heterocycles. The third kappa shape index (κ3) is 3.23. The van der Waals surface area contributed by atoms with Crippen molar-refractivity contribution in [1.82, 2.24) is 20.0 Å². The van der Waals surface area contributed by atoms with Gasteiger partial charge in [0.1, 0.15) is 6.04 Å². The van der Waals surface area contributed by atoms with Crippen LogP contribution in [-0.4, -0.2) is 52.3 Å². The van der Waals surface area contributed by atoms with E-state index in [1.807, 2.05) is 6.92 Å². The summed E-state index contributed by atoms with van der Waals surface area (Å²) in [5.74, 6) is 1.32. The summed E-state index contributed by atoms with van der Waals surface area (Å²) in [6.45, 7) is 4.63. The zero-order valence-electron chi connectivity index (χ0n) is 13.9. The molecule has 2 atom stereocenters. The molecule has 1 fully saturated rings. The standard InChI is InChI=1S/C16H20N4O4/c1-4-23-14-6-5-11(8-17-14)16(21)20-9-12(22-3)7-13(20)15-18-10(2)19-24-15/h5-6,8,12-13H,4,7,9H2,1-3H3/t12-,13-/m1/s1. The number of likely N-dealkylation sites (tertiary alicyclic amines) is 1. The van der Waals surface area contributed by atoms with E-state index in [9.17, 15) is 4.79 Å². The average molecular weight is 332 g/mol. The number of aromatic nitrogens is 3. The van der Waals surface area contributed by atoms with Crippen molar-refractivity contribution in [2.75, 3.05) is 20.3 Å². The zero-order valence-corrected chi connectivity index (χ0v) is 13.9. The van der Waals surface area contributed by atoms with Crippen LogP contribution in [0.25, 0.3) is 0 Å². The highest BCUT2D eigenvalue weighted by Gasteiger charge is 2.39. The number of nitrogens with zero attached hydrogens (tertiary/aromatic N) is 4. The number of pyridine rings is 1. The molecule has 3 heterocycles. The van der Waals surface area contributed by atoms with E-state index in [0.29, 0.717) is 42.7 Å². The molecule has 0 aromatic carbocycles. The SMILES string of the molecule is CCOc1ccc(C(=O)N2C[C@H](OC)C[C@@H]2c2nc(C)no2)cn1. The van der Waals surface area contributed by atoms with Crippen molar-refractivity contribution in [1.29, 1.82) is 0 Å². The summed E-state index contributed by atoms with van der Waals surface area (Å²) in [4.78, 5) is 23.0. The first-order valence-corrected chi connectivity index (χ1v) is 7.85. The van der Waals surface area contributed by atoms with E-state index in [2.05, 4.69) is 15.1 Å². The Morgan fingerprint density at radius 2 is 2.29 bits per heavy atom. The van der Waals surface area contributed by atoms with Crippen molar-refractivity contribution in [2.24, 2.45) is 0 Å². The van der Waals surface area contributed by atoms with Crippen molar-refractivity contribution in [3.05, 3.63) is 35.6 Å². The molecule has 1 aliphatic rings. The van der Waals surface area contributed by atoms with E-state index in [-0.39, 0.29) is 18.1 Å². The van der Waals surface area contributed by atoms with Crippen LogP contribution < -0.4 is 4.74 Å². The Kier molecular flexibility index (Phi) is 4.75. The first kappa shape index (κ1) is 16.4. The lowest BCUT2D eigenvalue weighted by Gasteiger charge is -2.21. The monoisotopic (exact) mass is 332 g/mol. The fourth-order valence-electron chi connectivity index (χ4n) is 2.78. The Balaban J connectivity index is 1.82. The van der Waals surface area contributed by atoms with Crippen LogP contribution in [0.2, 0.25) is 0 Å². The van der Waals surface area contributed by atoms with Crippen molar-refractivity contribution in [3.8, 4) is 5.88 Å². The lowest BCUT2D eigenvalue weighted by molar-refractivity contribution is 0.0670. The molecule has 24 heavy (non-hydrogen) atoms. The number of rotatable bonds is 5. The van der Waals surface area contributed by atoms with Crippen molar-refractivity contribution in [2.45, 2.75) is 32.4 Å². The number of carbonyl (C=O) groups is 1. The van der Waals surface area contributed by atoms with Gasteiger partial charge in [0.25, 0.3) is 5.91 Å². The quantitative estimate of drug-likeness (QED) is 0.824. The minimum absolute atomic E-state index is 0.0678. The Hall–Kier alpha value is -2.48. The number of aryl methyl sites for hydroxylation is 1. The number of carbonyl (C=O) groups excluding carboxylic acids is 1. The number of hydrogen-bond acceptors (Lipinski definition) is 7.